The average molecular weight is 288 g/mol. The topological polar surface area (TPSA) is 60.2 Å². The van der Waals surface area contributed by atoms with E-state index in [9.17, 15) is 5.11 Å². The first kappa shape index (κ1) is 13.3. The van der Waals surface area contributed by atoms with E-state index in [0.29, 0.717) is 27.1 Å². The highest BCUT2D eigenvalue weighted by molar-refractivity contribution is 6.34. The Kier molecular flexibility index (Phi) is 4.19. The summed E-state index contributed by atoms with van der Waals surface area (Å²) in [6.45, 7) is 0.0834. The second-order valence-electron chi connectivity index (χ2n) is 3.61. The number of hydrogen-bond acceptors (Lipinski definition) is 4. The molecule has 0 unspecified atom stereocenters. The van der Waals surface area contributed by atoms with Gasteiger partial charge < -0.3 is 9.84 Å². The van der Waals surface area contributed by atoms with Crippen molar-refractivity contribution >= 4 is 23.2 Å². The molecule has 0 amide bonds. The SMILES string of the molecule is COCc1c(CO)nnn1-c1cc(Cl)cc(Cl)c1. The molecule has 1 aromatic heterocycles. The molecule has 0 atom stereocenters. The first-order valence-corrected chi connectivity index (χ1v) is 5.91. The van der Waals surface area contributed by atoms with Gasteiger partial charge in [0.2, 0.25) is 0 Å². The molecule has 18 heavy (non-hydrogen) atoms. The van der Waals surface area contributed by atoms with Crippen molar-refractivity contribution in [2.24, 2.45) is 0 Å². The molecule has 2 aromatic rings. The minimum Gasteiger partial charge on any atom is -0.390 e. The Morgan fingerprint density at radius 2 is 1.94 bits per heavy atom. The Balaban J connectivity index is 2.52. The fourth-order valence-electron chi connectivity index (χ4n) is 1.61. The second-order valence-corrected chi connectivity index (χ2v) is 4.49. The van der Waals surface area contributed by atoms with Gasteiger partial charge in [0.25, 0.3) is 0 Å². The molecule has 0 aliphatic heterocycles. The number of halogens is 2. The summed E-state index contributed by atoms with van der Waals surface area (Å²) < 4.78 is 6.62. The summed E-state index contributed by atoms with van der Waals surface area (Å²) in [6, 6.07) is 5.05. The zero-order valence-electron chi connectivity index (χ0n) is 9.60. The summed E-state index contributed by atoms with van der Waals surface area (Å²) in [4.78, 5) is 0. The van der Waals surface area contributed by atoms with E-state index in [2.05, 4.69) is 10.3 Å². The number of rotatable bonds is 4. The smallest absolute Gasteiger partial charge is 0.114 e. The van der Waals surface area contributed by atoms with Gasteiger partial charge in [-0.15, -0.1) is 5.10 Å². The summed E-state index contributed by atoms with van der Waals surface area (Å²) in [7, 11) is 1.56. The summed E-state index contributed by atoms with van der Waals surface area (Å²) in [6.07, 6.45) is 0. The molecule has 0 spiro atoms. The lowest BCUT2D eigenvalue weighted by Crippen LogP contribution is -2.05. The molecule has 1 aromatic carbocycles. The molecule has 1 N–H and O–H groups in total. The van der Waals surface area contributed by atoms with Crippen molar-refractivity contribution in [3.8, 4) is 5.69 Å². The standard InChI is InChI=1S/C11H11Cl2N3O2/c1-18-6-11-10(5-17)14-15-16(11)9-3-7(12)2-8(13)4-9/h2-4,17H,5-6H2,1H3. The normalized spacial score (nSPS) is 10.9. The zero-order valence-corrected chi connectivity index (χ0v) is 11.1. The number of benzene rings is 1. The second kappa shape index (κ2) is 5.67. The summed E-state index contributed by atoms with van der Waals surface area (Å²) in [5.41, 5.74) is 1.80. The van der Waals surface area contributed by atoms with E-state index in [-0.39, 0.29) is 13.2 Å². The molecule has 0 saturated heterocycles. The number of nitrogens with zero attached hydrogens (tertiary/aromatic N) is 3. The van der Waals surface area contributed by atoms with E-state index in [0.717, 1.165) is 0 Å². The maximum Gasteiger partial charge on any atom is 0.114 e. The number of ether oxygens (including phenoxy) is 1. The van der Waals surface area contributed by atoms with Crippen molar-refractivity contribution in [1.29, 1.82) is 0 Å². The molecular weight excluding hydrogens is 277 g/mol. The van der Waals surface area contributed by atoms with Crippen LogP contribution in [0.25, 0.3) is 5.69 Å². The fraction of sp³-hybridized carbons (Fsp3) is 0.273. The van der Waals surface area contributed by atoms with Crippen molar-refractivity contribution in [1.82, 2.24) is 15.0 Å². The van der Waals surface area contributed by atoms with Gasteiger partial charge in [-0.1, -0.05) is 28.4 Å². The third kappa shape index (κ3) is 2.64. The quantitative estimate of drug-likeness (QED) is 0.937. The lowest BCUT2D eigenvalue weighted by atomic mass is 10.3. The Labute approximate surface area is 114 Å². The molecule has 0 radical (unpaired) electrons. The van der Waals surface area contributed by atoms with Crippen LogP contribution in [0.1, 0.15) is 11.4 Å². The number of aliphatic hydroxyl groups excluding tert-OH is 1. The molecule has 1 heterocycles. The molecule has 0 bridgehead atoms. The highest BCUT2D eigenvalue weighted by Crippen LogP contribution is 2.23. The zero-order chi connectivity index (χ0) is 13.1. The molecule has 0 aliphatic carbocycles. The molecule has 0 fully saturated rings. The minimum absolute atomic E-state index is 0.201. The molecule has 5 nitrogen and oxygen atoms in total. The van der Waals surface area contributed by atoms with Crippen LogP contribution in [0.2, 0.25) is 10.0 Å². The highest BCUT2D eigenvalue weighted by Gasteiger charge is 2.14. The van der Waals surface area contributed by atoms with E-state index < -0.39 is 0 Å². The van der Waals surface area contributed by atoms with Crippen molar-refractivity contribution in [3.63, 3.8) is 0 Å². The molecule has 0 saturated carbocycles. The van der Waals surface area contributed by atoms with Crippen LogP contribution in [-0.2, 0) is 18.0 Å². The first-order valence-electron chi connectivity index (χ1n) is 5.15. The Hall–Kier alpha value is -1.14. The molecule has 96 valence electrons. The van der Waals surface area contributed by atoms with Gasteiger partial charge in [-0.25, -0.2) is 4.68 Å². The van der Waals surface area contributed by atoms with Gasteiger partial charge >= 0.3 is 0 Å². The van der Waals surface area contributed by atoms with Crippen LogP contribution >= 0.6 is 23.2 Å². The van der Waals surface area contributed by atoms with Crippen molar-refractivity contribution < 1.29 is 9.84 Å². The van der Waals surface area contributed by atoms with E-state index in [1.165, 1.54) is 0 Å². The van der Waals surface area contributed by atoms with E-state index in [1.807, 2.05) is 0 Å². The van der Waals surface area contributed by atoms with Crippen LogP contribution in [0.15, 0.2) is 18.2 Å². The van der Waals surface area contributed by atoms with Gasteiger partial charge in [0.15, 0.2) is 0 Å². The predicted molar refractivity (Wildman–Crippen MR) is 68.0 cm³/mol. The van der Waals surface area contributed by atoms with Crippen LogP contribution in [0.5, 0.6) is 0 Å². The van der Waals surface area contributed by atoms with Crippen LogP contribution in [0.3, 0.4) is 0 Å². The van der Waals surface area contributed by atoms with Gasteiger partial charge in [0.1, 0.15) is 5.69 Å². The number of methoxy groups -OCH3 is 1. The Morgan fingerprint density at radius 1 is 1.28 bits per heavy atom. The summed E-state index contributed by atoms with van der Waals surface area (Å²) in [5.74, 6) is 0. The van der Waals surface area contributed by atoms with Gasteiger partial charge in [-0.2, -0.15) is 0 Å². The van der Waals surface area contributed by atoms with Crippen molar-refractivity contribution in [2.75, 3.05) is 7.11 Å². The van der Waals surface area contributed by atoms with Gasteiger partial charge in [0, 0.05) is 17.2 Å². The average Bonchev–Trinajstić information content (AvgIpc) is 2.71. The Bertz CT molecular complexity index is 537. The monoisotopic (exact) mass is 287 g/mol. The summed E-state index contributed by atoms with van der Waals surface area (Å²) >= 11 is 11.9. The summed E-state index contributed by atoms with van der Waals surface area (Å²) in [5, 5.41) is 18.0. The van der Waals surface area contributed by atoms with Crippen LogP contribution in [-0.4, -0.2) is 27.2 Å². The van der Waals surface area contributed by atoms with Crippen LogP contribution in [0, 0.1) is 0 Å². The number of hydrogen-bond donors (Lipinski definition) is 1. The van der Waals surface area contributed by atoms with Gasteiger partial charge in [-0.3, -0.25) is 0 Å². The predicted octanol–water partition coefficient (Wildman–Crippen LogP) is 2.21. The molecular formula is C11H11Cl2N3O2. The largest absolute Gasteiger partial charge is 0.390 e. The molecule has 7 heteroatoms. The fourth-order valence-corrected chi connectivity index (χ4v) is 2.12. The van der Waals surface area contributed by atoms with Gasteiger partial charge in [-0.05, 0) is 18.2 Å². The third-order valence-corrected chi connectivity index (χ3v) is 2.80. The van der Waals surface area contributed by atoms with Gasteiger partial charge in [0.05, 0.1) is 24.6 Å². The molecule has 0 aliphatic rings. The van der Waals surface area contributed by atoms with E-state index >= 15 is 0 Å². The highest BCUT2D eigenvalue weighted by atomic mass is 35.5. The Morgan fingerprint density at radius 3 is 2.50 bits per heavy atom. The van der Waals surface area contributed by atoms with Crippen molar-refractivity contribution in [3.05, 3.63) is 39.6 Å². The van der Waals surface area contributed by atoms with Crippen molar-refractivity contribution in [2.45, 2.75) is 13.2 Å². The lowest BCUT2D eigenvalue weighted by molar-refractivity contribution is 0.175. The maximum absolute atomic E-state index is 9.19. The van der Waals surface area contributed by atoms with E-state index in [4.69, 9.17) is 27.9 Å². The molecule has 2 rings (SSSR count). The maximum atomic E-state index is 9.19. The number of aromatic nitrogens is 3. The first-order chi connectivity index (χ1) is 8.65. The minimum atomic E-state index is -0.201. The third-order valence-electron chi connectivity index (χ3n) is 2.37. The van der Waals surface area contributed by atoms with Crippen LogP contribution < -0.4 is 0 Å². The van der Waals surface area contributed by atoms with E-state index in [1.54, 1.807) is 30.0 Å². The number of aliphatic hydroxyl groups is 1. The van der Waals surface area contributed by atoms with Crippen LogP contribution in [0.4, 0.5) is 0 Å². The lowest BCUT2D eigenvalue weighted by Gasteiger charge is -2.07.